The second kappa shape index (κ2) is 7.49. The van der Waals surface area contributed by atoms with E-state index in [2.05, 4.69) is 27.4 Å². The largest absolute Gasteiger partial charge is 0.345 e. The number of hydrogen-bond acceptors (Lipinski definition) is 4. The molecule has 0 spiro atoms. The molecule has 0 unspecified atom stereocenters. The summed E-state index contributed by atoms with van der Waals surface area (Å²) in [6.07, 6.45) is 6.16. The Kier molecular flexibility index (Phi) is 4.75. The molecule has 130 valence electrons. The molecule has 0 aliphatic heterocycles. The summed E-state index contributed by atoms with van der Waals surface area (Å²) < 4.78 is 3.00. The maximum Gasteiger partial charge on any atom is 0.280 e. The van der Waals surface area contributed by atoms with Crippen molar-refractivity contribution in [1.82, 2.24) is 19.9 Å². The van der Waals surface area contributed by atoms with E-state index in [4.69, 9.17) is 0 Å². The first-order valence-electron chi connectivity index (χ1n) is 8.44. The molecule has 0 aliphatic rings. The van der Waals surface area contributed by atoms with Gasteiger partial charge < -0.3 is 9.88 Å². The number of aromatic nitrogens is 3. The van der Waals surface area contributed by atoms with Crippen molar-refractivity contribution < 1.29 is 4.79 Å². The van der Waals surface area contributed by atoms with Gasteiger partial charge in [0.15, 0.2) is 5.01 Å². The SMILES string of the molecule is O=C(N[C@@H](Cc1ccccc1)Cn1ccnc1)c1nc2ccccc2s1. The predicted octanol–water partition coefficient (Wildman–Crippen LogP) is 3.53. The fourth-order valence-electron chi connectivity index (χ4n) is 2.93. The van der Waals surface area contributed by atoms with Crippen molar-refractivity contribution >= 4 is 27.5 Å². The van der Waals surface area contributed by atoms with Crippen LogP contribution in [-0.2, 0) is 13.0 Å². The van der Waals surface area contributed by atoms with Crippen molar-refractivity contribution in [1.29, 1.82) is 0 Å². The van der Waals surface area contributed by atoms with E-state index in [9.17, 15) is 4.79 Å². The summed E-state index contributed by atoms with van der Waals surface area (Å²) in [5.74, 6) is -0.132. The van der Waals surface area contributed by atoms with Crippen LogP contribution < -0.4 is 5.32 Å². The van der Waals surface area contributed by atoms with E-state index >= 15 is 0 Å². The summed E-state index contributed by atoms with van der Waals surface area (Å²) >= 11 is 1.42. The van der Waals surface area contributed by atoms with Gasteiger partial charge >= 0.3 is 0 Å². The lowest BCUT2D eigenvalue weighted by atomic mass is 10.1. The van der Waals surface area contributed by atoms with Crippen LogP contribution in [0.2, 0.25) is 0 Å². The standard InChI is InChI=1S/C20H18N4OS/c25-19(20-23-17-8-4-5-9-18(17)26-20)22-16(13-24-11-10-21-14-24)12-15-6-2-1-3-7-15/h1-11,14,16H,12-13H2,(H,22,25)/t16-/m0/s1. The zero-order chi connectivity index (χ0) is 17.8. The molecule has 2 aromatic heterocycles. The quantitative estimate of drug-likeness (QED) is 0.571. The molecule has 0 radical (unpaired) electrons. The summed E-state index contributed by atoms with van der Waals surface area (Å²) in [7, 11) is 0. The van der Waals surface area contributed by atoms with E-state index in [1.165, 1.54) is 16.9 Å². The Balaban J connectivity index is 1.53. The predicted molar refractivity (Wildman–Crippen MR) is 103 cm³/mol. The Hall–Kier alpha value is -2.99. The fraction of sp³-hybridized carbons (Fsp3) is 0.150. The van der Waals surface area contributed by atoms with Crippen molar-refractivity contribution in [3.8, 4) is 0 Å². The lowest BCUT2D eigenvalue weighted by molar-refractivity contribution is 0.0932. The van der Waals surface area contributed by atoms with Crippen molar-refractivity contribution in [3.63, 3.8) is 0 Å². The monoisotopic (exact) mass is 362 g/mol. The third-order valence-corrected chi connectivity index (χ3v) is 5.17. The number of rotatable bonds is 6. The topological polar surface area (TPSA) is 59.8 Å². The molecule has 1 atom stereocenters. The first-order chi connectivity index (χ1) is 12.8. The van der Waals surface area contributed by atoms with Gasteiger partial charge in [-0.2, -0.15) is 0 Å². The number of nitrogens with zero attached hydrogens (tertiary/aromatic N) is 3. The molecule has 4 aromatic rings. The molecule has 0 saturated heterocycles. The third-order valence-electron chi connectivity index (χ3n) is 4.14. The van der Waals surface area contributed by atoms with E-state index in [0.717, 1.165) is 16.6 Å². The Labute approximate surface area is 155 Å². The van der Waals surface area contributed by atoms with Crippen LogP contribution in [0.1, 0.15) is 15.4 Å². The summed E-state index contributed by atoms with van der Waals surface area (Å²) in [6.45, 7) is 0.658. The zero-order valence-corrected chi connectivity index (χ0v) is 14.9. The number of fused-ring (bicyclic) bond motifs is 1. The molecule has 2 aromatic carbocycles. The number of carbonyl (C=O) groups excluding carboxylic acids is 1. The summed E-state index contributed by atoms with van der Waals surface area (Å²) in [4.78, 5) is 21.3. The summed E-state index contributed by atoms with van der Waals surface area (Å²) in [6, 6.07) is 17.9. The van der Waals surface area contributed by atoms with Crippen LogP contribution in [0.25, 0.3) is 10.2 Å². The Morgan fingerprint density at radius 1 is 1.12 bits per heavy atom. The van der Waals surface area contributed by atoms with Gasteiger partial charge in [-0.25, -0.2) is 9.97 Å². The minimum Gasteiger partial charge on any atom is -0.345 e. The van der Waals surface area contributed by atoms with E-state index < -0.39 is 0 Å². The van der Waals surface area contributed by atoms with Gasteiger partial charge in [0, 0.05) is 18.9 Å². The van der Waals surface area contributed by atoms with Crippen LogP contribution in [-0.4, -0.2) is 26.5 Å². The van der Waals surface area contributed by atoms with Gasteiger partial charge in [0.2, 0.25) is 0 Å². The number of nitrogens with one attached hydrogen (secondary N) is 1. The van der Waals surface area contributed by atoms with Crippen molar-refractivity contribution in [2.45, 2.75) is 19.0 Å². The summed E-state index contributed by atoms with van der Waals surface area (Å²) in [5, 5.41) is 3.64. The highest BCUT2D eigenvalue weighted by Gasteiger charge is 2.18. The van der Waals surface area contributed by atoms with Crippen LogP contribution >= 0.6 is 11.3 Å². The molecule has 1 N–H and O–H groups in total. The minimum atomic E-state index is -0.132. The highest BCUT2D eigenvalue weighted by Crippen LogP contribution is 2.21. The second-order valence-corrected chi connectivity index (χ2v) is 7.14. The first-order valence-corrected chi connectivity index (χ1v) is 9.26. The number of imidazole rings is 1. The molecule has 0 aliphatic carbocycles. The van der Waals surface area contributed by atoms with Crippen LogP contribution in [0.15, 0.2) is 73.3 Å². The highest BCUT2D eigenvalue weighted by molar-refractivity contribution is 7.20. The van der Waals surface area contributed by atoms with Crippen molar-refractivity contribution in [2.75, 3.05) is 0 Å². The lowest BCUT2D eigenvalue weighted by Gasteiger charge is -2.19. The van der Waals surface area contributed by atoms with Gasteiger partial charge in [0.1, 0.15) is 0 Å². The minimum absolute atomic E-state index is 0.0499. The van der Waals surface area contributed by atoms with E-state index in [1.54, 1.807) is 12.5 Å². The number of benzene rings is 2. The molecule has 1 amide bonds. The molecule has 4 rings (SSSR count). The molecule has 6 heteroatoms. The fourth-order valence-corrected chi connectivity index (χ4v) is 3.79. The van der Waals surface area contributed by atoms with Crippen LogP contribution in [0.3, 0.4) is 0 Å². The average Bonchev–Trinajstić information content (AvgIpc) is 3.31. The number of carbonyl (C=O) groups is 1. The normalized spacial score (nSPS) is 12.2. The van der Waals surface area contributed by atoms with E-state index in [1.807, 2.05) is 53.2 Å². The number of amides is 1. The van der Waals surface area contributed by atoms with Gasteiger partial charge in [-0.1, -0.05) is 42.5 Å². The molecule has 0 bridgehead atoms. The van der Waals surface area contributed by atoms with Crippen LogP contribution in [0.5, 0.6) is 0 Å². The Morgan fingerprint density at radius 2 is 1.92 bits per heavy atom. The van der Waals surface area contributed by atoms with Crippen molar-refractivity contribution in [2.24, 2.45) is 0 Å². The number of hydrogen-bond donors (Lipinski definition) is 1. The van der Waals surface area contributed by atoms with E-state index in [0.29, 0.717) is 11.6 Å². The highest BCUT2D eigenvalue weighted by atomic mass is 32.1. The molecule has 26 heavy (non-hydrogen) atoms. The number of thiazole rings is 1. The molecule has 0 fully saturated rings. The third kappa shape index (κ3) is 3.81. The lowest BCUT2D eigenvalue weighted by Crippen LogP contribution is -2.39. The molecule has 5 nitrogen and oxygen atoms in total. The van der Waals surface area contributed by atoms with Gasteiger partial charge in [-0.15, -0.1) is 11.3 Å². The summed E-state index contributed by atoms with van der Waals surface area (Å²) in [5.41, 5.74) is 2.04. The Morgan fingerprint density at radius 3 is 2.69 bits per heavy atom. The van der Waals surface area contributed by atoms with Gasteiger partial charge in [-0.3, -0.25) is 4.79 Å². The number of para-hydroxylation sites is 1. The van der Waals surface area contributed by atoms with Crippen molar-refractivity contribution in [3.05, 3.63) is 83.9 Å². The zero-order valence-electron chi connectivity index (χ0n) is 14.1. The molecular formula is C20H18N4OS. The second-order valence-electron chi connectivity index (χ2n) is 6.11. The maximum absolute atomic E-state index is 12.8. The molecular weight excluding hydrogens is 344 g/mol. The van der Waals surface area contributed by atoms with Gasteiger partial charge in [0.25, 0.3) is 5.91 Å². The Bertz CT molecular complexity index is 962. The molecule has 0 saturated carbocycles. The average molecular weight is 362 g/mol. The maximum atomic E-state index is 12.8. The smallest absolute Gasteiger partial charge is 0.280 e. The van der Waals surface area contributed by atoms with E-state index in [-0.39, 0.29) is 11.9 Å². The first kappa shape index (κ1) is 16.5. The molecule has 2 heterocycles. The van der Waals surface area contributed by atoms with Crippen LogP contribution in [0, 0.1) is 0 Å². The van der Waals surface area contributed by atoms with Crippen LogP contribution in [0.4, 0.5) is 0 Å². The van der Waals surface area contributed by atoms with Gasteiger partial charge in [0.05, 0.1) is 22.6 Å². The van der Waals surface area contributed by atoms with Gasteiger partial charge in [-0.05, 0) is 24.1 Å².